The maximum absolute atomic E-state index is 11.5. The van der Waals surface area contributed by atoms with Crippen molar-refractivity contribution in [1.29, 1.82) is 0 Å². The third-order valence-corrected chi connectivity index (χ3v) is 5.35. The molecular weight excluding hydrogens is 262 g/mol. The van der Waals surface area contributed by atoms with E-state index in [1.165, 1.54) is 0 Å². The van der Waals surface area contributed by atoms with Crippen molar-refractivity contribution in [2.24, 2.45) is 0 Å². The second-order valence-corrected chi connectivity index (χ2v) is 7.76. The Kier molecular flexibility index (Phi) is 5.15. The second-order valence-electron chi connectivity index (χ2n) is 6.02. The van der Waals surface area contributed by atoms with Gasteiger partial charge in [-0.2, -0.15) is 11.8 Å². The third kappa shape index (κ3) is 4.65. The zero-order chi connectivity index (χ0) is 13.9. The van der Waals surface area contributed by atoms with Crippen molar-refractivity contribution < 1.29 is 14.6 Å². The fourth-order valence-corrected chi connectivity index (χ4v) is 4.20. The Morgan fingerprint density at radius 3 is 2.58 bits per heavy atom. The predicted molar refractivity (Wildman–Crippen MR) is 77.7 cm³/mol. The van der Waals surface area contributed by atoms with Crippen LogP contribution in [-0.2, 0) is 9.53 Å². The fraction of sp³-hybridized carbons (Fsp3) is 0.929. The minimum atomic E-state index is -0.779. The Bertz CT molecular complexity index is 316. The van der Waals surface area contributed by atoms with Crippen LogP contribution in [-0.4, -0.2) is 46.4 Å². The molecule has 1 saturated heterocycles. The van der Waals surface area contributed by atoms with Crippen molar-refractivity contribution in [2.75, 3.05) is 13.2 Å². The summed E-state index contributed by atoms with van der Waals surface area (Å²) < 4.78 is 5.36. The van der Waals surface area contributed by atoms with Crippen molar-refractivity contribution in [3.8, 4) is 0 Å². The summed E-state index contributed by atoms with van der Waals surface area (Å²) in [6.45, 7) is 5.67. The molecule has 4 nitrogen and oxygen atoms in total. The second kappa shape index (κ2) is 6.46. The molecule has 2 atom stereocenters. The van der Waals surface area contributed by atoms with Crippen molar-refractivity contribution in [3.63, 3.8) is 0 Å². The monoisotopic (exact) mass is 287 g/mol. The minimum absolute atomic E-state index is 0.357. The summed E-state index contributed by atoms with van der Waals surface area (Å²) in [6.07, 6.45) is 5.10. The molecule has 2 unspecified atom stereocenters. The van der Waals surface area contributed by atoms with E-state index in [2.05, 4.69) is 12.2 Å². The van der Waals surface area contributed by atoms with Crippen LogP contribution in [0.1, 0.15) is 46.0 Å². The highest BCUT2D eigenvalue weighted by atomic mass is 32.2. The Balaban J connectivity index is 1.83. The van der Waals surface area contributed by atoms with Gasteiger partial charge in [-0.25, -0.2) is 0 Å². The van der Waals surface area contributed by atoms with E-state index < -0.39 is 11.5 Å². The van der Waals surface area contributed by atoms with Gasteiger partial charge in [0.2, 0.25) is 0 Å². The number of ether oxygens (including phenoxy) is 1. The van der Waals surface area contributed by atoms with Gasteiger partial charge < -0.3 is 9.84 Å². The molecule has 110 valence electrons. The summed E-state index contributed by atoms with van der Waals surface area (Å²) in [4.78, 5) is 11.5. The molecular formula is C14H25NO3S. The molecule has 1 saturated carbocycles. The normalized spacial score (nSPS) is 25.8. The summed E-state index contributed by atoms with van der Waals surface area (Å²) in [6, 6.07) is 0.418. The van der Waals surface area contributed by atoms with Gasteiger partial charge in [-0.05, 0) is 39.0 Å². The Labute approximate surface area is 119 Å². The van der Waals surface area contributed by atoms with Gasteiger partial charge in [0, 0.05) is 29.8 Å². The number of rotatable bonds is 7. The average molecular weight is 287 g/mol. The molecule has 0 radical (unpaired) electrons. The molecule has 1 aliphatic heterocycles. The molecule has 0 aromatic heterocycles. The van der Waals surface area contributed by atoms with Gasteiger partial charge in [0.15, 0.2) is 0 Å². The van der Waals surface area contributed by atoms with Crippen molar-refractivity contribution in [3.05, 3.63) is 0 Å². The number of carboxylic acids is 1. The fourth-order valence-electron chi connectivity index (χ4n) is 2.65. The number of carboxylic acid groups (broad SMARTS) is 1. The van der Waals surface area contributed by atoms with Crippen LogP contribution < -0.4 is 5.32 Å². The summed E-state index contributed by atoms with van der Waals surface area (Å²) in [5.74, 6) is -0.723. The Morgan fingerprint density at radius 1 is 1.42 bits per heavy atom. The number of hydrogen-bond donors (Lipinski definition) is 2. The standard InChI is InChI=1S/C14H25NO3S/c1-10(19-12-5-7-18-8-6-12)9-14(2,13(16)17)15-11-3-4-11/h10-12,15H,3-9H2,1-2H3,(H,16,17). The smallest absolute Gasteiger partial charge is 0.323 e. The van der Waals surface area contributed by atoms with Crippen LogP contribution in [0.15, 0.2) is 0 Å². The zero-order valence-corrected chi connectivity index (χ0v) is 12.7. The highest BCUT2D eigenvalue weighted by Gasteiger charge is 2.39. The van der Waals surface area contributed by atoms with Crippen LogP contribution in [0.2, 0.25) is 0 Å². The molecule has 2 aliphatic rings. The number of aliphatic carboxylic acids is 1. The first kappa shape index (κ1) is 15.1. The topological polar surface area (TPSA) is 58.6 Å². The third-order valence-electron chi connectivity index (χ3n) is 3.86. The molecule has 0 spiro atoms. The maximum Gasteiger partial charge on any atom is 0.323 e. The largest absolute Gasteiger partial charge is 0.480 e. The van der Waals surface area contributed by atoms with Crippen LogP contribution in [0.4, 0.5) is 0 Å². The molecule has 2 N–H and O–H groups in total. The van der Waals surface area contributed by atoms with E-state index in [4.69, 9.17) is 4.74 Å². The maximum atomic E-state index is 11.5. The highest BCUT2D eigenvalue weighted by molar-refractivity contribution is 8.00. The van der Waals surface area contributed by atoms with Gasteiger partial charge in [-0.3, -0.25) is 10.1 Å². The van der Waals surface area contributed by atoms with E-state index in [1.54, 1.807) is 0 Å². The quantitative estimate of drug-likeness (QED) is 0.752. The van der Waals surface area contributed by atoms with Gasteiger partial charge in [-0.1, -0.05) is 6.92 Å². The number of carbonyl (C=O) groups is 1. The first-order valence-electron chi connectivity index (χ1n) is 7.24. The lowest BCUT2D eigenvalue weighted by molar-refractivity contribution is -0.144. The van der Waals surface area contributed by atoms with Crippen LogP contribution in [0, 0.1) is 0 Å². The molecule has 19 heavy (non-hydrogen) atoms. The van der Waals surface area contributed by atoms with E-state index in [0.29, 0.717) is 23.0 Å². The zero-order valence-electron chi connectivity index (χ0n) is 11.9. The Hall–Kier alpha value is -0.260. The first-order valence-corrected chi connectivity index (χ1v) is 8.18. The molecule has 2 rings (SSSR count). The SMILES string of the molecule is CC(CC(C)(NC1CC1)C(=O)O)SC1CCOCC1. The number of nitrogens with one attached hydrogen (secondary N) is 1. The summed E-state index contributed by atoms with van der Waals surface area (Å²) in [5, 5.41) is 13.8. The number of thioether (sulfide) groups is 1. The van der Waals surface area contributed by atoms with E-state index in [9.17, 15) is 9.90 Å². The molecule has 0 amide bonds. The molecule has 0 bridgehead atoms. The van der Waals surface area contributed by atoms with Crippen LogP contribution in [0.5, 0.6) is 0 Å². The van der Waals surface area contributed by atoms with E-state index >= 15 is 0 Å². The van der Waals surface area contributed by atoms with Gasteiger partial charge in [0.05, 0.1) is 0 Å². The first-order chi connectivity index (χ1) is 8.99. The lowest BCUT2D eigenvalue weighted by Crippen LogP contribution is -2.52. The predicted octanol–water partition coefficient (Wildman–Crippen LogP) is 2.27. The number of hydrogen-bond acceptors (Lipinski definition) is 4. The van der Waals surface area contributed by atoms with Crippen LogP contribution in [0.25, 0.3) is 0 Å². The molecule has 0 aromatic carbocycles. The van der Waals surface area contributed by atoms with Crippen molar-refractivity contribution >= 4 is 17.7 Å². The average Bonchev–Trinajstić information content (AvgIpc) is 3.13. The van der Waals surface area contributed by atoms with Crippen molar-refractivity contribution in [1.82, 2.24) is 5.32 Å². The molecule has 2 fully saturated rings. The van der Waals surface area contributed by atoms with Crippen LogP contribution in [0.3, 0.4) is 0 Å². The summed E-state index contributed by atoms with van der Waals surface area (Å²) >= 11 is 1.93. The van der Waals surface area contributed by atoms with E-state index in [-0.39, 0.29) is 0 Å². The molecule has 1 aliphatic carbocycles. The highest BCUT2D eigenvalue weighted by Crippen LogP contribution is 2.32. The van der Waals surface area contributed by atoms with Gasteiger partial charge in [0.1, 0.15) is 5.54 Å². The van der Waals surface area contributed by atoms with E-state index in [1.807, 2.05) is 18.7 Å². The summed E-state index contributed by atoms with van der Waals surface area (Å²) in [5.41, 5.74) is -0.779. The lowest BCUT2D eigenvalue weighted by Gasteiger charge is -2.31. The van der Waals surface area contributed by atoms with Gasteiger partial charge in [-0.15, -0.1) is 0 Å². The lowest BCUT2D eigenvalue weighted by atomic mass is 9.96. The molecule has 1 heterocycles. The molecule has 0 aromatic rings. The van der Waals surface area contributed by atoms with Crippen LogP contribution >= 0.6 is 11.8 Å². The Morgan fingerprint density at radius 2 is 2.05 bits per heavy atom. The summed E-state index contributed by atoms with van der Waals surface area (Å²) in [7, 11) is 0. The van der Waals surface area contributed by atoms with Crippen molar-refractivity contribution in [2.45, 2.75) is 68.0 Å². The molecule has 5 heteroatoms. The van der Waals surface area contributed by atoms with Gasteiger partial charge >= 0.3 is 5.97 Å². The minimum Gasteiger partial charge on any atom is -0.480 e. The van der Waals surface area contributed by atoms with E-state index in [0.717, 1.165) is 38.9 Å². The van der Waals surface area contributed by atoms with Gasteiger partial charge in [0.25, 0.3) is 0 Å².